The monoisotopic (exact) mass is 745 g/mol. The van der Waals surface area contributed by atoms with Gasteiger partial charge in [-0.25, -0.2) is 9.97 Å². The Hall–Kier alpha value is -7.90. The second kappa shape index (κ2) is 13.4. The number of hydrogen-bond donors (Lipinski definition) is 0. The molecular formula is C51H35N7. The molecule has 0 fully saturated rings. The van der Waals surface area contributed by atoms with Crippen molar-refractivity contribution in [3.63, 3.8) is 0 Å². The molecule has 11 rings (SSSR count). The first-order valence-electron chi connectivity index (χ1n) is 19.4. The third kappa shape index (κ3) is 4.93. The van der Waals surface area contributed by atoms with Gasteiger partial charge in [0, 0.05) is 61.0 Å². The predicted octanol–water partition coefficient (Wildman–Crippen LogP) is 12.4. The van der Waals surface area contributed by atoms with E-state index in [1.165, 1.54) is 0 Å². The Morgan fingerprint density at radius 3 is 1.74 bits per heavy atom. The van der Waals surface area contributed by atoms with Gasteiger partial charge in [-0.2, -0.15) is 9.97 Å². The maximum atomic E-state index is 5.31. The molecule has 0 aliphatic heterocycles. The van der Waals surface area contributed by atoms with Crippen LogP contribution in [-0.4, -0.2) is 33.6 Å². The van der Waals surface area contributed by atoms with Crippen LogP contribution in [0.25, 0.3) is 99.8 Å². The minimum atomic E-state index is 0.466. The Bertz CT molecular complexity index is 3460. The van der Waals surface area contributed by atoms with Crippen LogP contribution in [0.1, 0.15) is 12.7 Å². The summed E-state index contributed by atoms with van der Waals surface area (Å²) in [7, 11) is 0. The highest BCUT2D eigenvalue weighted by Gasteiger charge is 2.30. The van der Waals surface area contributed by atoms with Gasteiger partial charge in [0.25, 0.3) is 0 Å². The van der Waals surface area contributed by atoms with Gasteiger partial charge in [0.15, 0.2) is 11.6 Å². The van der Waals surface area contributed by atoms with Gasteiger partial charge < -0.3 is 9.13 Å². The molecule has 0 saturated heterocycles. The molecule has 58 heavy (non-hydrogen) atoms. The molecule has 6 aromatic carbocycles. The number of rotatable bonds is 7. The first-order valence-corrected chi connectivity index (χ1v) is 19.4. The topological polar surface area (TPSA) is 66.3 Å². The van der Waals surface area contributed by atoms with Gasteiger partial charge in [-0.1, -0.05) is 134 Å². The Labute approximate surface area is 333 Å². The van der Waals surface area contributed by atoms with Gasteiger partial charge in [-0.3, -0.25) is 4.57 Å². The molecule has 0 atom stereocenters. The number of pyridine rings is 1. The average Bonchev–Trinajstić information content (AvgIpc) is 3.94. The van der Waals surface area contributed by atoms with Crippen molar-refractivity contribution in [2.24, 2.45) is 0 Å². The number of allylic oxidation sites excluding steroid dienone is 5. The molecule has 7 nitrogen and oxygen atoms in total. The van der Waals surface area contributed by atoms with Gasteiger partial charge in [0.2, 0.25) is 5.95 Å². The molecule has 5 heterocycles. The highest BCUT2D eigenvalue weighted by atomic mass is 15.2. The lowest BCUT2D eigenvalue weighted by molar-refractivity contribution is 0.925. The lowest BCUT2D eigenvalue weighted by Gasteiger charge is -2.14. The van der Waals surface area contributed by atoms with Crippen LogP contribution >= 0.6 is 0 Å². The second-order valence-corrected chi connectivity index (χ2v) is 14.3. The molecule has 5 aromatic heterocycles. The van der Waals surface area contributed by atoms with Crippen molar-refractivity contribution < 1.29 is 0 Å². The maximum absolute atomic E-state index is 5.31. The van der Waals surface area contributed by atoms with Crippen LogP contribution in [-0.2, 0) is 0 Å². The predicted molar refractivity (Wildman–Crippen MR) is 239 cm³/mol. The SMILES string of the molecule is C=C/C(=C\C=C/C)c1nc(-c2ccccc2)nc(-n2c3ncccc3c3c4c5ccccc5n(-c5ccccc5)c4c4c5ccccc5n(-c5ccccc5)c4c32)n1. The largest absolute Gasteiger partial charge is 0.309 e. The fourth-order valence-corrected chi connectivity index (χ4v) is 8.66. The lowest BCUT2D eigenvalue weighted by Crippen LogP contribution is -2.09. The van der Waals surface area contributed by atoms with Crippen molar-refractivity contribution in [2.75, 3.05) is 0 Å². The maximum Gasteiger partial charge on any atom is 0.240 e. The molecule has 0 unspecified atom stereocenters. The van der Waals surface area contributed by atoms with Crippen molar-refractivity contribution in [3.8, 4) is 28.7 Å². The molecule has 0 bridgehead atoms. The number of aromatic nitrogens is 7. The number of nitrogens with zero attached hydrogens (tertiary/aromatic N) is 7. The summed E-state index contributed by atoms with van der Waals surface area (Å²) in [5.74, 6) is 1.54. The number of hydrogen-bond acceptors (Lipinski definition) is 4. The molecule has 0 aliphatic rings. The zero-order valence-electron chi connectivity index (χ0n) is 31.7. The second-order valence-electron chi connectivity index (χ2n) is 14.3. The zero-order valence-corrected chi connectivity index (χ0v) is 31.7. The van der Waals surface area contributed by atoms with Crippen LogP contribution in [0, 0.1) is 0 Å². The highest BCUT2D eigenvalue weighted by molar-refractivity contribution is 6.40. The molecular weight excluding hydrogens is 711 g/mol. The fraction of sp³-hybridized carbons (Fsp3) is 0.0196. The third-order valence-corrected chi connectivity index (χ3v) is 11.0. The molecule has 0 amide bonds. The van der Waals surface area contributed by atoms with E-state index >= 15 is 0 Å². The highest BCUT2D eigenvalue weighted by Crippen LogP contribution is 2.49. The van der Waals surface area contributed by atoms with E-state index in [4.69, 9.17) is 19.9 Å². The fourth-order valence-electron chi connectivity index (χ4n) is 8.66. The van der Waals surface area contributed by atoms with E-state index in [9.17, 15) is 0 Å². The molecule has 7 heteroatoms. The van der Waals surface area contributed by atoms with Crippen LogP contribution < -0.4 is 0 Å². The molecule has 274 valence electrons. The van der Waals surface area contributed by atoms with Crippen LogP contribution in [0.3, 0.4) is 0 Å². The van der Waals surface area contributed by atoms with E-state index in [1.54, 1.807) is 6.08 Å². The first-order chi connectivity index (χ1) is 28.7. The van der Waals surface area contributed by atoms with Gasteiger partial charge in [-0.05, 0) is 55.5 Å². The van der Waals surface area contributed by atoms with Crippen molar-refractivity contribution in [1.82, 2.24) is 33.6 Å². The third-order valence-electron chi connectivity index (χ3n) is 11.0. The smallest absolute Gasteiger partial charge is 0.240 e. The van der Waals surface area contributed by atoms with E-state index in [0.717, 1.165) is 88.1 Å². The van der Waals surface area contributed by atoms with E-state index in [1.807, 2.05) is 67.7 Å². The summed E-state index contributed by atoms with van der Waals surface area (Å²) < 4.78 is 6.99. The molecule has 0 spiro atoms. The Balaban J connectivity index is 1.44. The Morgan fingerprint density at radius 2 is 1.09 bits per heavy atom. The average molecular weight is 746 g/mol. The summed E-state index contributed by atoms with van der Waals surface area (Å²) in [5, 5.41) is 6.64. The van der Waals surface area contributed by atoms with Crippen LogP contribution in [0.4, 0.5) is 0 Å². The normalized spacial score (nSPS) is 12.3. The van der Waals surface area contributed by atoms with Gasteiger partial charge in [0.05, 0.1) is 27.6 Å². The van der Waals surface area contributed by atoms with Gasteiger partial charge >= 0.3 is 0 Å². The van der Waals surface area contributed by atoms with Crippen LogP contribution in [0.5, 0.6) is 0 Å². The van der Waals surface area contributed by atoms with E-state index in [2.05, 4.69) is 136 Å². The number of para-hydroxylation sites is 4. The summed E-state index contributed by atoms with van der Waals surface area (Å²) in [5.41, 5.74) is 9.89. The Kier molecular flexibility index (Phi) is 7.72. The lowest BCUT2D eigenvalue weighted by atomic mass is 10.0. The minimum absolute atomic E-state index is 0.466. The molecule has 0 radical (unpaired) electrons. The number of benzene rings is 6. The number of fused-ring (bicyclic) bond motifs is 12. The summed E-state index contributed by atoms with van der Waals surface area (Å²) in [4.78, 5) is 20.8. The van der Waals surface area contributed by atoms with Crippen LogP contribution in [0.15, 0.2) is 189 Å². The summed E-state index contributed by atoms with van der Waals surface area (Å²) in [6.45, 7) is 6.15. The van der Waals surface area contributed by atoms with E-state index < -0.39 is 0 Å². The molecule has 0 saturated carbocycles. The minimum Gasteiger partial charge on any atom is -0.309 e. The van der Waals surface area contributed by atoms with Crippen molar-refractivity contribution in [1.29, 1.82) is 0 Å². The van der Waals surface area contributed by atoms with Crippen molar-refractivity contribution in [2.45, 2.75) is 6.92 Å². The van der Waals surface area contributed by atoms with Gasteiger partial charge in [0.1, 0.15) is 5.65 Å². The van der Waals surface area contributed by atoms with Crippen molar-refractivity contribution >= 4 is 71.1 Å². The van der Waals surface area contributed by atoms with E-state index in [0.29, 0.717) is 17.6 Å². The van der Waals surface area contributed by atoms with Gasteiger partial charge in [-0.15, -0.1) is 0 Å². The summed E-state index contributed by atoms with van der Waals surface area (Å²) >= 11 is 0. The van der Waals surface area contributed by atoms with Crippen LogP contribution in [0.2, 0.25) is 0 Å². The van der Waals surface area contributed by atoms with E-state index in [-0.39, 0.29) is 0 Å². The zero-order chi connectivity index (χ0) is 38.7. The first kappa shape index (κ1) is 33.4. The standard InChI is InChI=1S/C51H35N7/c1-3-5-20-33(4-2)48-53-49(34-21-9-6-10-22-34)55-51(54-48)58-46-43(39-29-19-32-52-50(39)58)42-37-27-15-17-30-40(37)56(35-23-11-7-12-24-35)45(42)44-38-28-16-18-31-41(38)57(47(44)46)36-25-13-8-14-26-36/h3-32H,2H2,1H3/b5-3-,33-20+. The summed E-state index contributed by atoms with van der Waals surface area (Å²) in [6, 6.07) is 53.0. The quantitative estimate of drug-likeness (QED) is 0.152. The molecule has 11 aromatic rings. The molecule has 0 N–H and O–H groups in total. The van der Waals surface area contributed by atoms with Crippen molar-refractivity contribution in [3.05, 3.63) is 195 Å². The Morgan fingerprint density at radius 1 is 0.534 bits per heavy atom. The summed E-state index contributed by atoms with van der Waals surface area (Å²) in [6.07, 6.45) is 9.60. The molecule has 0 aliphatic carbocycles.